The highest BCUT2D eigenvalue weighted by Crippen LogP contribution is 2.41. The molecular weight excluding hydrogens is 220 g/mol. The standard InChI is InChI=1S/C11H18N4S/c12-6-1-7-15(9-4-5-9)11-13-10(14-16-11)8-2-3-8/h8-9H,1-7,12H2. The molecule has 0 aliphatic heterocycles. The van der Waals surface area contributed by atoms with E-state index in [2.05, 4.69) is 14.3 Å². The van der Waals surface area contributed by atoms with Crippen LogP contribution < -0.4 is 10.6 Å². The average molecular weight is 238 g/mol. The zero-order valence-corrected chi connectivity index (χ0v) is 10.2. The molecule has 2 aliphatic carbocycles. The SMILES string of the molecule is NCCCN(c1nc(C2CC2)ns1)C1CC1. The summed E-state index contributed by atoms with van der Waals surface area (Å²) in [6.45, 7) is 1.80. The lowest BCUT2D eigenvalue weighted by Crippen LogP contribution is -2.28. The zero-order chi connectivity index (χ0) is 11.0. The van der Waals surface area contributed by atoms with Crippen LogP contribution in [-0.4, -0.2) is 28.5 Å². The molecule has 0 spiro atoms. The minimum absolute atomic E-state index is 0.667. The van der Waals surface area contributed by atoms with Gasteiger partial charge in [-0.3, -0.25) is 0 Å². The van der Waals surface area contributed by atoms with Gasteiger partial charge in [0, 0.05) is 30.0 Å². The number of hydrogen-bond acceptors (Lipinski definition) is 5. The molecule has 1 aromatic heterocycles. The number of nitrogens with two attached hydrogens (primary N) is 1. The first-order valence-corrected chi connectivity index (χ1v) is 6.96. The van der Waals surface area contributed by atoms with E-state index in [0.29, 0.717) is 12.0 Å². The Morgan fingerprint density at radius 2 is 2.12 bits per heavy atom. The minimum Gasteiger partial charge on any atom is -0.344 e. The highest BCUT2D eigenvalue weighted by Gasteiger charge is 2.33. The van der Waals surface area contributed by atoms with Gasteiger partial charge in [-0.05, 0) is 38.6 Å². The van der Waals surface area contributed by atoms with E-state index >= 15 is 0 Å². The van der Waals surface area contributed by atoms with Crippen LogP contribution in [0.1, 0.15) is 43.8 Å². The Hall–Kier alpha value is -0.680. The third-order valence-electron chi connectivity index (χ3n) is 3.21. The zero-order valence-electron chi connectivity index (χ0n) is 9.43. The molecule has 0 aromatic carbocycles. The van der Waals surface area contributed by atoms with E-state index in [1.165, 1.54) is 25.7 Å². The number of anilines is 1. The first-order chi connectivity index (χ1) is 7.88. The Labute approximate surface area is 100 Å². The Bertz CT molecular complexity index is 357. The Morgan fingerprint density at radius 1 is 1.31 bits per heavy atom. The monoisotopic (exact) mass is 238 g/mol. The van der Waals surface area contributed by atoms with Crippen LogP contribution >= 0.6 is 11.5 Å². The van der Waals surface area contributed by atoms with E-state index in [-0.39, 0.29) is 0 Å². The Kier molecular flexibility index (Phi) is 2.81. The van der Waals surface area contributed by atoms with Gasteiger partial charge in [-0.25, -0.2) is 4.98 Å². The van der Waals surface area contributed by atoms with E-state index in [4.69, 9.17) is 5.73 Å². The predicted molar refractivity (Wildman–Crippen MR) is 65.9 cm³/mol. The normalized spacial score (nSPS) is 20.1. The summed E-state index contributed by atoms with van der Waals surface area (Å²) in [5.74, 6) is 1.75. The lowest BCUT2D eigenvalue weighted by molar-refractivity contribution is 0.727. The van der Waals surface area contributed by atoms with Gasteiger partial charge in [0.2, 0.25) is 5.13 Å². The second kappa shape index (κ2) is 4.30. The lowest BCUT2D eigenvalue weighted by Gasteiger charge is -2.20. The van der Waals surface area contributed by atoms with Crippen molar-refractivity contribution in [2.24, 2.45) is 5.73 Å². The minimum atomic E-state index is 0.667. The number of nitrogens with zero attached hydrogens (tertiary/aromatic N) is 3. The summed E-state index contributed by atoms with van der Waals surface area (Å²) in [7, 11) is 0. The van der Waals surface area contributed by atoms with Crippen molar-refractivity contribution >= 4 is 16.7 Å². The van der Waals surface area contributed by atoms with Gasteiger partial charge in [-0.15, -0.1) is 0 Å². The third-order valence-corrected chi connectivity index (χ3v) is 3.98. The van der Waals surface area contributed by atoms with Crippen LogP contribution in [0, 0.1) is 0 Å². The maximum Gasteiger partial charge on any atom is 0.205 e. The van der Waals surface area contributed by atoms with Crippen molar-refractivity contribution in [1.82, 2.24) is 9.36 Å². The molecule has 0 atom stereocenters. The second-order valence-corrected chi connectivity index (χ2v) is 5.51. The van der Waals surface area contributed by atoms with Crippen LogP contribution in [0.15, 0.2) is 0 Å². The summed E-state index contributed by atoms with van der Waals surface area (Å²) in [6.07, 6.45) is 6.23. The van der Waals surface area contributed by atoms with E-state index in [0.717, 1.165) is 30.5 Å². The van der Waals surface area contributed by atoms with Crippen LogP contribution in [-0.2, 0) is 0 Å². The van der Waals surface area contributed by atoms with Crippen molar-refractivity contribution in [2.45, 2.75) is 44.1 Å². The number of hydrogen-bond donors (Lipinski definition) is 1. The van der Waals surface area contributed by atoms with E-state index in [1.54, 1.807) is 11.5 Å². The molecule has 2 fully saturated rings. The molecule has 2 N–H and O–H groups in total. The third kappa shape index (κ3) is 2.20. The van der Waals surface area contributed by atoms with E-state index < -0.39 is 0 Å². The van der Waals surface area contributed by atoms with Crippen LogP contribution in [0.3, 0.4) is 0 Å². The molecule has 2 aliphatic rings. The highest BCUT2D eigenvalue weighted by molar-refractivity contribution is 7.09. The van der Waals surface area contributed by atoms with E-state index in [9.17, 15) is 0 Å². The lowest BCUT2D eigenvalue weighted by atomic mass is 10.4. The highest BCUT2D eigenvalue weighted by atomic mass is 32.1. The smallest absolute Gasteiger partial charge is 0.205 e. The van der Waals surface area contributed by atoms with Crippen molar-refractivity contribution in [3.63, 3.8) is 0 Å². The topological polar surface area (TPSA) is 55.0 Å². The van der Waals surface area contributed by atoms with E-state index in [1.807, 2.05) is 0 Å². The van der Waals surface area contributed by atoms with Crippen molar-refractivity contribution in [2.75, 3.05) is 18.0 Å². The van der Waals surface area contributed by atoms with Gasteiger partial charge in [0.1, 0.15) is 5.82 Å². The molecule has 88 valence electrons. The molecule has 1 aromatic rings. The molecule has 0 saturated heterocycles. The summed E-state index contributed by atoms with van der Waals surface area (Å²) in [6, 6.07) is 0.714. The van der Waals surface area contributed by atoms with Crippen molar-refractivity contribution in [3.8, 4) is 0 Å². The largest absolute Gasteiger partial charge is 0.344 e. The molecule has 0 unspecified atom stereocenters. The summed E-state index contributed by atoms with van der Waals surface area (Å²) in [5.41, 5.74) is 5.58. The summed E-state index contributed by atoms with van der Waals surface area (Å²) in [4.78, 5) is 7.09. The summed E-state index contributed by atoms with van der Waals surface area (Å²) >= 11 is 1.57. The van der Waals surface area contributed by atoms with Crippen LogP contribution in [0.4, 0.5) is 5.13 Å². The molecule has 0 amide bonds. The van der Waals surface area contributed by atoms with Gasteiger partial charge in [0.25, 0.3) is 0 Å². The molecule has 1 heterocycles. The second-order valence-electron chi connectivity index (χ2n) is 4.78. The maximum atomic E-state index is 5.58. The number of aromatic nitrogens is 2. The fourth-order valence-corrected chi connectivity index (χ4v) is 2.78. The molecule has 4 nitrogen and oxygen atoms in total. The fraction of sp³-hybridized carbons (Fsp3) is 0.818. The Balaban J connectivity index is 1.70. The fourth-order valence-electron chi connectivity index (χ4n) is 1.93. The first kappa shape index (κ1) is 10.5. The van der Waals surface area contributed by atoms with Crippen LogP contribution in [0.25, 0.3) is 0 Å². The first-order valence-electron chi connectivity index (χ1n) is 6.19. The van der Waals surface area contributed by atoms with Crippen molar-refractivity contribution in [3.05, 3.63) is 5.82 Å². The van der Waals surface area contributed by atoms with Gasteiger partial charge in [0.15, 0.2) is 0 Å². The Morgan fingerprint density at radius 3 is 2.75 bits per heavy atom. The van der Waals surface area contributed by atoms with Gasteiger partial charge < -0.3 is 10.6 Å². The van der Waals surface area contributed by atoms with Crippen LogP contribution in [0.5, 0.6) is 0 Å². The number of rotatable bonds is 6. The van der Waals surface area contributed by atoms with Gasteiger partial charge in [-0.1, -0.05) is 0 Å². The molecule has 0 bridgehead atoms. The quantitative estimate of drug-likeness (QED) is 0.820. The van der Waals surface area contributed by atoms with Gasteiger partial charge in [-0.2, -0.15) is 4.37 Å². The molecule has 0 radical (unpaired) electrons. The van der Waals surface area contributed by atoms with Crippen LogP contribution in [0.2, 0.25) is 0 Å². The van der Waals surface area contributed by atoms with Crippen molar-refractivity contribution < 1.29 is 0 Å². The van der Waals surface area contributed by atoms with Gasteiger partial charge in [0.05, 0.1) is 0 Å². The maximum absolute atomic E-state index is 5.58. The predicted octanol–water partition coefficient (Wildman–Crippen LogP) is 1.73. The average Bonchev–Trinajstić information content (AvgIpc) is 3.19. The molecule has 2 saturated carbocycles. The van der Waals surface area contributed by atoms with Gasteiger partial charge >= 0.3 is 0 Å². The summed E-state index contributed by atoms with van der Waals surface area (Å²) in [5, 5.41) is 1.12. The summed E-state index contributed by atoms with van der Waals surface area (Å²) < 4.78 is 4.47. The molecule has 3 rings (SSSR count). The molecule has 5 heteroatoms. The van der Waals surface area contributed by atoms with Crippen molar-refractivity contribution in [1.29, 1.82) is 0 Å². The molecule has 16 heavy (non-hydrogen) atoms. The molecular formula is C11H18N4S.